The molecule has 0 aromatic heterocycles. The summed E-state index contributed by atoms with van der Waals surface area (Å²) >= 11 is 0. The number of hydrogen-bond acceptors (Lipinski definition) is 2. The van der Waals surface area contributed by atoms with E-state index in [-0.39, 0.29) is 5.91 Å². The first-order chi connectivity index (χ1) is 8.48. The number of carbonyl (C=O) groups is 1. The van der Waals surface area contributed by atoms with Gasteiger partial charge in [-0.1, -0.05) is 19.1 Å². The Bertz CT molecular complexity index is 411. The first kappa shape index (κ1) is 14.7. The van der Waals surface area contributed by atoms with E-state index in [2.05, 4.69) is 0 Å². The first-order valence-corrected chi connectivity index (χ1v) is 6.57. The lowest BCUT2D eigenvalue weighted by molar-refractivity contribution is -0.127. The van der Waals surface area contributed by atoms with Gasteiger partial charge in [-0.2, -0.15) is 0 Å². The molecule has 0 aliphatic rings. The molecular formula is C15H24N2O. The monoisotopic (exact) mass is 248 g/mol. The van der Waals surface area contributed by atoms with Gasteiger partial charge in [0.2, 0.25) is 5.91 Å². The normalized spacial score (nSPS) is 14.1. The largest absolute Gasteiger partial charge is 0.329 e. The molecule has 100 valence electrons. The smallest absolute Gasteiger partial charge is 0.234 e. The number of carbonyl (C=O) groups excluding carboxylic acids is 1. The maximum Gasteiger partial charge on any atom is 0.234 e. The van der Waals surface area contributed by atoms with Crippen LogP contribution in [0.25, 0.3) is 0 Å². The molecule has 1 atom stereocenters. The predicted molar refractivity (Wildman–Crippen MR) is 76.7 cm³/mol. The summed E-state index contributed by atoms with van der Waals surface area (Å²) in [4.78, 5) is 14.4. The van der Waals surface area contributed by atoms with Crippen LogP contribution in [-0.4, -0.2) is 19.0 Å². The second kappa shape index (κ2) is 6.01. The highest BCUT2D eigenvalue weighted by Gasteiger charge is 2.33. The third-order valence-corrected chi connectivity index (χ3v) is 3.62. The summed E-state index contributed by atoms with van der Waals surface area (Å²) in [6.45, 7) is 9.02. The van der Waals surface area contributed by atoms with Crippen LogP contribution >= 0.6 is 0 Å². The number of amides is 1. The highest BCUT2D eigenvalue weighted by Crippen LogP contribution is 2.26. The van der Waals surface area contributed by atoms with E-state index in [9.17, 15) is 4.79 Å². The minimum atomic E-state index is -0.472. The van der Waals surface area contributed by atoms with Gasteiger partial charge in [0.15, 0.2) is 0 Å². The zero-order valence-electron chi connectivity index (χ0n) is 11.9. The van der Waals surface area contributed by atoms with Crippen molar-refractivity contribution in [2.24, 2.45) is 11.1 Å². The molecule has 1 aromatic carbocycles. The summed E-state index contributed by atoms with van der Waals surface area (Å²) in [5.41, 5.74) is 7.41. The summed E-state index contributed by atoms with van der Waals surface area (Å²) in [5, 5.41) is 0. The molecule has 0 saturated heterocycles. The summed E-state index contributed by atoms with van der Waals surface area (Å²) in [6, 6.07) is 8.02. The molecule has 0 fully saturated rings. The van der Waals surface area contributed by atoms with Crippen LogP contribution in [0.15, 0.2) is 24.3 Å². The average molecular weight is 248 g/mol. The van der Waals surface area contributed by atoms with E-state index in [1.165, 1.54) is 0 Å². The summed E-state index contributed by atoms with van der Waals surface area (Å²) in [6.07, 6.45) is 0.755. The Labute approximate surface area is 110 Å². The third-order valence-electron chi connectivity index (χ3n) is 3.62. The maximum atomic E-state index is 12.6. The van der Waals surface area contributed by atoms with Gasteiger partial charge in [0, 0.05) is 18.8 Å². The van der Waals surface area contributed by atoms with E-state index in [4.69, 9.17) is 5.73 Å². The molecule has 0 bridgehead atoms. The standard InChI is InChI=1S/C15H24N2O/c1-5-15(4,11-16)14(18)17(6-2)13-9-7-8-12(3)10-13/h7-10H,5-6,11,16H2,1-4H3. The lowest BCUT2D eigenvalue weighted by atomic mass is 9.86. The molecule has 0 heterocycles. The molecule has 0 radical (unpaired) electrons. The Morgan fingerprint density at radius 1 is 1.39 bits per heavy atom. The van der Waals surface area contributed by atoms with Crippen molar-refractivity contribution in [1.29, 1.82) is 0 Å². The van der Waals surface area contributed by atoms with Crippen LogP contribution in [0.4, 0.5) is 5.69 Å². The topological polar surface area (TPSA) is 46.3 Å². The van der Waals surface area contributed by atoms with Crippen molar-refractivity contribution in [3.8, 4) is 0 Å². The van der Waals surface area contributed by atoms with Crippen LogP contribution in [0, 0.1) is 12.3 Å². The van der Waals surface area contributed by atoms with Gasteiger partial charge in [-0.15, -0.1) is 0 Å². The number of benzene rings is 1. The van der Waals surface area contributed by atoms with Gasteiger partial charge in [-0.05, 0) is 44.9 Å². The number of rotatable bonds is 5. The Kier molecular flexibility index (Phi) is 4.91. The lowest BCUT2D eigenvalue weighted by Gasteiger charge is -2.32. The second-order valence-electron chi connectivity index (χ2n) is 5.01. The molecule has 2 N–H and O–H groups in total. The molecule has 0 aliphatic carbocycles. The van der Waals surface area contributed by atoms with E-state index < -0.39 is 5.41 Å². The van der Waals surface area contributed by atoms with Gasteiger partial charge in [-0.25, -0.2) is 0 Å². The van der Waals surface area contributed by atoms with E-state index >= 15 is 0 Å². The molecule has 1 amide bonds. The fraction of sp³-hybridized carbons (Fsp3) is 0.533. The molecule has 18 heavy (non-hydrogen) atoms. The molecule has 1 unspecified atom stereocenters. The Balaban J connectivity index is 3.07. The van der Waals surface area contributed by atoms with Crippen molar-refractivity contribution in [3.05, 3.63) is 29.8 Å². The van der Waals surface area contributed by atoms with Crippen molar-refractivity contribution < 1.29 is 4.79 Å². The van der Waals surface area contributed by atoms with Crippen LogP contribution in [0.5, 0.6) is 0 Å². The van der Waals surface area contributed by atoms with E-state index in [1.54, 1.807) is 0 Å². The zero-order chi connectivity index (χ0) is 13.8. The van der Waals surface area contributed by atoms with Crippen LogP contribution in [0.2, 0.25) is 0 Å². The minimum Gasteiger partial charge on any atom is -0.329 e. The highest BCUT2D eigenvalue weighted by atomic mass is 16.2. The number of nitrogens with zero attached hydrogens (tertiary/aromatic N) is 1. The molecule has 3 heteroatoms. The van der Waals surface area contributed by atoms with Gasteiger partial charge >= 0.3 is 0 Å². The second-order valence-corrected chi connectivity index (χ2v) is 5.01. The molecule has 3 nitrogen and oxygen atoms in total. The third kappa shape index (κ3) is 2.91. The Morgan fingerprint density at radius 3 is 2.50 bits per heavy atom. The van der Waals surface area contributed by atoms with Gasteiger partial charge in [0.25, 0.3) is 0 Å². The maximum absolute atomic E-state index is 12.6. The molecule has 0 saturated carbocycles. The van der Waals surface area contributed by atoms with Crippen molar-refractivity contribution in [1.82, 2.24) is 0 Å². The lowest BCUT2D eigenvalue weighted by Crippen LogP contribution is -2.46. The Morgan fingerprint density at radius 2 is 2.06 bits per heavy atom. The van der Waals surface area contributed by atoms with Crippen LogP contribution in [0.1, 0.15) is 32.8 Å². The molecule has 0 aliphatic heterocycles. The van der Waals surface area contributed by atoms with Gasteiger partial charge < -0.3 is 10.6 Å². The summed E-state index contributed by atoms with van der Waals surface area (Å²) < 4.78 is 0. The van der Waals surface area contributed by atoms with Gasteiger partial charge in [-0.3, -0.25) is 4.79 Å². The van der Waals surface area contributed by atoms with Crippen LogP contribution in [0.3, 0.4) is 0 Å². The van der Waals surface area contributed by atoms with Crippen LogP contribution < -0.4 is 10.6 Å². The minimum absolute atomic E-state index is 0.112. The number of anilines is 1. The molecule has 1 rings (SSSR count). The first-order valence-electron chi connectivity index (χ1n) is 6.57. The summed E-state index contributed by atoms with van der Waals surface area (Å²) in [5.74, 6) is 0.112. The predicted octanol–water partition coefficient (Wildman–Crippen LogP) is 2.72. The number of nitrogens with two attached hydrogens (primary N) is 1. The Hall–Kier alpha value is -1.35. The zero-order valence-corrected chi connectivity index (χ0v) is 11.9. The van der Waals surface area contributed by atoms with Gasteiger partial charge in [0.1, 0.15) is 0 Å². The number of aryl methyl sites for hydroxylation is 1. The fourth-order valence-corrected chi connectivity index (χ4v) is 1.95. The quantitative estimate of drug-likeness (QED) is 0.871. The molecular weight excluding hydrogens is 224 g/mol. The number of hydrogen-bond donors (Lipinski definition) is 1. The van der Waals surface area contributed by atoms with Crippen molar-refractivity contribution in [3.63, 3.8) is 0 Å². The van der Waals surface area contributed by atoms with Crippen molar-refractivity contribution >= 4 is 11.6 Å². The highest BCUT2D eigenvalue weighted by molar-refractivity contribution is 5.97. The van der Waals surface area contributed by atoms with E-state index in [0.717, 1.165) is 17.7 Å². The van der Waals surface area contributed by atoms with Crippen molar-refractivity contribution in [2.45, 2.75) is 34.1 Å². The molecule has 0 spiro atoms. The summed E-state index contributed by atoms with van der Waals surface area (Å²) in [7, 11) is 0. The van der Waals surface area contributed by atoms with Crippen LogP contribution in [-0.2, 0) is 4.79 Å². The fourth-order valence-electron chi connectivity index (χ4n) is 1.95. The SMILES string of the molecule is CCN(C(=O)C(C)(CC)CN)c1cccc(C)c1. The van der Waals surface area contributed by atoms with Gasteiger partial charge in [0.05, 0.1) is 5.41 Å². The van der Waals surface area contributed by atoms with Crippen molar-refractivity contribution in [2.75, 3.05) is 18.0 Å². The van der Waals surface area contributed by atoms with E-state index in [1.807, 2.05) is 56.9 Å². The average Bonchev–Trinajstić information content (AvgIpc) is 2.38. The van der Waals surface area contributed by atoms with E-state index in [0.29, 0.717) is 13.1 Å². The molecule has 1 aromatic rings.